The molecule has 3 heteroatoms. The number of hydrogen-bond acceptors (Lipinski definition) is 3. The van der Waals surface area contributed by atoms with Gasteiger partial charge in [0.2, 0.25) is 0 Å². The van der Waals surface area contributed by atoms with E-state index in [1.807, 2.05) is 52.0 Å². The zero-order chi connectivity index (χ0) is 12.8. The number of ether oxygens (including phenoxy) is 1. The lowest BCUT2D eigenvalue weighted by Crippen LogP contribution is -2.02. The molecule has 0 aliphatic heterocycles. The van der Waals surface area contributed by atoms with Crippen LogP contribution < -0.4 is 10.5 Å². The second kappa shape index (κ2) is 6.09. The van der Waals surface area contributed by atoms with Crippen molar-refractivity contribution in [2.75, 3.05) is 6.61 Å². The van der Waals surface area contributed by atoms with Crippen molar-refractivity contribution in [2.24, 2.45) is 10.7 Å². The normalized spacial score (nSPS) is 13.3. The van der Waals surface area contributed by atoms with E-state index in [1.165, 1.54) is 0 Å². The van der Waals surface area contributed by atoms with Gasteiger partial charge in [0.15, 0.2) is 0 Å². The number of nitrogens with zero attached hydrogens (tertiary/aromatic N) is 1. The van der Waals surface area contributed by atoms with Gasteiger partial charge in [-0.2, -0.15) is 0 Å². The Morgan fingerprint density at radius 1 is 1.18 bits per heavy atom. The summed E-state index contributed by atoms with van der Waals surface area (Å²) in [4.78, 5) is 4.50. The zero-order valence-electron chi connectivity index (χ0n) is 10.9. The fourth-order valence-electron chi connectivity index (χ4n) is 1.35. The molecule has 0 bridgehead atoms. The van der Waals surface area contributed by atoms with Crippen LogP contribution in [0, 0.1) is 0 Å². The molecule has 17 heavy (non-hydrogen) atoms. The second-order valence-electron chi connectivity index (χ2n) is 3.93. The van der Waals surface area contributed by atoms with Gasteiger partial charge in [0.05, 0.1) is 12.3 Å². The Kier molecular flexibility index (Phi) is 4.76. The minimum atomic E-state index is 0.676. The molecule has 1 rings (SSSR count). The van der Waals surface area contributed by atoms with E-state index < -0.39 is 0 Å². The summed E-state index contributed by atoms with van der Waals surface area (Å²) < 4.78 is 5.37. The molecular weight excluding hydrogens is 212 g/mol. The van der Waals surface area contributed by atoms with Crippen molar-refractivity contribution in [3.05, 3.63) is 35.5 Å². The number of aliphatic imine (C=N–C) groups is 1. The highest BCUT2D eigenvalue weighted by molar-refractivity contribution is 5.99. The van der Waals surface area contributed by atoms with E-state index in [9.17, 15) is 0 Å². The summed E-state index contributed by atoms with van der Waals surface area (Å²) in [5.74, 6) is 0.867. The maximum Gasteiger partial charge on any atom is 0.119 e. The molecule has 0 radical (unpaired) electrons. The van der Waals surface area contributed by atoms with Gasteiger partial charge in [0.1, 0.15) is 5.75 Å². The minimum Gasteiger partial charge on any atom is -0.494 e. The van der Waals surface area contributed by atoms with Crippen LogP contribution in [0.15, 0.2) is 40.5 Å². The summed E-state index contributed by atoms with van der Waals surface area (Å²) in [6.07, 6.45) is 0. The van der Waals surface area contributed by atoms with Crippen LogP contribution >= 0.6 is 0 Å². The highest BCUT2D eigenvalue weighted by Gasteiger charge is 1.99. The van der Waals surface area contributed by atoms with Crippen molar-refractivity contribution in [3.63, 3.8) is 0 Å². The second-order valence-corrected chi connectivity index (χ2v) is 3.93. The van der Waals surface area contributed by atoms with E-state index in [4.69, 9.17) is 10.5 Å². The molecular formula is C14H20N2O. The first-order valence-corrected chi connectivity index (χ1v) is 5.76. The molecule has 1 aromatic rings. The Bertz CT molecular complexity index is 426. The Morgan fingerprint density at radius 2 is 1.76 bits per heavy atom. The van der Waals surface area contributed by atoms with Gasteiger partial charge >= 0.3 is 0 Å². The molecule has 0 aromatic heterocycles. The summed E-state index contributed by atoms with van der Waals surface area (Å²) in [6.45, 7) is 8.46. The van der Waals surface area contributed by atoms with Crippen molar-refractivity contribution in [1.29, 1.82) is 0 Å². The SMILES string of the molecule is CCOc1ccc(N=C(C)/C(C)=C(/C)N)cc1. The molecule has 3 nitrogen and oxygen atoms in total. The van der Waals surface area contributed by atoms with E-state index in [2.05, 4.69) is 4.99 Å². The first-order chi connectivity index (χ1) is 8.04. The van der Waals surface area contributed by atoms with Gasteiger partial charge in [-0.15, -0.1) is 0 Å². The van der Waals surface area contributed by atoms with Gasteiger partial charge in [-0.1, -0.05) is 0 Å². The van der Waals surface area contributed by atoms with Crippen LogP contribution in [0.5, 0.6) is 5.75 Å². The Labute approximate surface area is 103 Å². The third-order valence-corrected chi connectivity index (χ3v) is 2.58. The van der Waals surface area contributed by atoms with Gasteiger partial charge < -0.3 is 10.5 Å². The van der Waals surface area contributed by atoms with Gasteiger partial charge in [-0.25, -0.2) is 0 Å². The monoisotopic (exact) mass is 232 g/mol. The molecule has 2 N–H and O–H groups in total. The minimum absolute atomic E-state index is 0.676. The van der Waals surface area contributed by atoms with Crippen molar-refractivity contribution >= 4 is 11.4 Å². The molecule has 0 fully saturated rings. The fraction of sp³-hybridized carbons (Fsp3) is 0.357. The summed E-state index contributed by atoms with van der Waals surface area (Å²) in [6, 6.07) is 7.72. The number of hydrogen-bond donors (Lipinski definition) is 1. The van der Waals surface area contributed by atoms with Gasteiger partial charge in [0.25, 0.3) is 0 Å². The number of allylic oxidation sites excluding steroid dienone is 2. The maximum atomic E-state index is 5.73. The Morgan fingerprint density at radius 3 is 2.24 bits per heavy atom. The smallest absolute Gasteiger partial charge is 0.119 e. The number of rotatable bonds is 4. The molecule has 0 aliphatic carbocycles. The molecule has 0 atom stereocenters. The first-order valence-electron chi connectivity index (χ1n) is 5.76. The Balaban J connectivity index is 2.88. The number of nitrogens with two attached hydrogens (primary N) is 1. The predicted molar refractivity (Wildman–Crippen MR) is 72.9 cm³/mol. The van der Waals surface area contributed by atoms with Crippen LogP contribution in [0.2, 0.25) is 0 Å². The van der Waals surface area contributed by atoms with E-state index in [-0.39, 0.29) is 0 Å². The molecule has 0 saturated heterocycles. The summed E-state index contributed by atoms with van der Waals surface area (Å²) in [7, 11) is 0. The van der Waals surface area contributed by atoms with E-state index >= 15 is 0 Å². The topological polar surface area (TPSA) is 47.6 Å². The lowest BCUT2D eigenvalue weighted by atomic mass is 10.1. The molecule has 0 heterocycles. The molecule has 0 aliphatic rings. The lowest BCUT2D eigenvalue weighted by molar-refractivity contribution is 0.340. The van der Waals surface area contributed by atoms with Crippen molar-refractivity contribution in [3.8, 4) is 5.75 Å². The predicted octanol–water partition coefficient (Wildman–Crippen LogP) is 3.43. The highest BCUT2D eigenvalue weighted by atomic mass is 16.5. The van der Waals surface area contributed by atoms with E-state index in [0.717, 1.165) is 28.4 Å². The highest BCUT2D eigenvalue weighted by Crippen LogP contribution is 2.19. The van der Waals surface area contributed by atoms with Crippen LogP contribution in [-0.4, -0.2) is 12.3 Å². The van der Waals surface area contributed by atoms with Crippen molar-refractivity contribution in [2.45, 2.75) is 27.7 Å². The zero-order valence-corrected chi connectivity index (χ0v) is 10.9. The van der Waals surface area contributed by atoms with Crippen molar-refractivity contribution in [1.82, 2.24) is 0 Å². The maximum absolute atomic E-state index is 5.73. The summed E-state index contributed by atoms with van der Waals surface area (Å²) >= 11 is 0. The van der Waals surface area contributed by atoms with E-state index in [0.29, 0.717) is 6.61 Å². The van der Waals surface area contributed by atoms with Crippen LogP contribution in [0.4, 0.5) is 5.69 Å². The van der Waals surface area contributed by atoms with Crippen LogP contribution in [-0.2, 0) is 0 Å². The average molecular weight is 232 g/mol. The van der Waals surface area contributed by atoms with Crippen LogP contribution in [0.1, 0.15) is 27.7 Å². The fourth-order valence-corrected chi connectivity index (χ4v) is 1.35. The van der Waals surface area contributed by atoms with Crippen molar-refractivity contribution < 1.29 is 4.74 Å². The third kappa shape index (κ3) is 3.94. The van der Waals surface area contributed by atoms with Gasteiger partial charge in [-0.05, 0) is 57.5 Å². The largest absolute Gasteiger partial charge is 0.494 e. The third-order valence-electron chi connectivity index (χ3n) is 2.58. The summed E-state index contributed by atoms with van der Waals surface area (Å²) in [5.41, 5.74) is 9.41. The Hall–Kier alpha value is -1.77. The van der Waals surface area contributed by atoms with E-state index in [1.54, 1.807) is 0 Å². The molecule has 0 unspecified atom stereocenters. The average Bonchev–Trinajstić information content (AvgIpc) is 2.30. The molecule has 92 valence electrons. The standard InChI is InChI=1S/C14H20N2O/c1-5-17-14-8-6-13(7-9-14)16-12(4)10(2)11(3)15/h6-9H,5,15H2,1-4H3/b11-10-,16-12?. The lowest BCUT2D eigenvalue weighted by Gasteiger charge is -2.05. The molecule has 0 amide bonds. The summed E-state index contributed by atoms with van der Waals surface area (Å²) in [5, 5.41) is 0. The molecule has 0 spiro atoms. The number of benzene rings is 1. The molecule has 0 saturated carbocycles. The van der Waals surface area contributed by atoms with Crippen LogP contribution in [0.25, 0.3) is 0 Å². The quantitative estimate of drug-likeness (QED) is 0.808. The first kappa shape index (κ1) is 13.3. The van der Waals surface area contributed by atoms with Gasteiger partial charge in [0, 0.05) is 11.4 Å². The molecule has 1 aromatic carbocycles. The van der Waals surface area contributed by atoms with Crippen LogP contribution in [0.3, 0.4) is 0 Å². The van der Waals surface area contributed by atoms with Gasteiger partial charge in [-0.3, -0.25) is 4.99 Å².